The first kappa shape index (κ1) is 33.2. The van der Waals surface area contributed by atoms with E-state index in [0.717, 1.165) is 33.4 Å². The van der Waals surface area contributed by atoms with Crippen molar-refractivity contribution in [2.75, 3.05) is 13.2 Å². The molecule has 0 aliphatic rings. The number of benzene rings is 4. The van der Waals surface area contributed by atoms with Crippen molar-refractivity contribution < 1.29 is 19.1 Å². The zero-order chi connectivity index (χ0) is 31.7. The predicted molar refractivity (Wildman–Crippen MR) is 183 cm³/mol. The summed E-state index contributed by atoms with van der Waals surface area (Å²) in [6.45, 7) is 4.22. The van der Waals surface area contributed by atoms with E-state index in [9.17, 15) is 9.59 Å². The molecule has 0 N–H and O–H groups in total. The van der Waals surface area contributed by atoms with Gasteiger partial charge in [-0.05, 0) is 78.3 Å². The maximum Gasteiger partial charge on any atom is 0.306 e. The van der Waals surface area contributed by atoms with Crippen LogP contribution in [-0.2, 0) is 19.1 Å². The number of ether oxygens (including phenoxy) is 2. The third kappa shape index (κ3) is 10.2. The van der Waals surface area contributed by atoms with Crippen LogP contribution in [0.2, 0.25) is 0 Å². The van der Waals surface area contributed by atoms with Gasteiger partial charge in [0.1, 0.15) is 0 Å². The lowest BCUT2D eigenvalue weighted by Crippen LogP contribution is -2.29. The van der Waals surface area contributed by atoms with E-state index in [-0.39, 0.29) is 24.8 Å². The minimum atomic E-state index is -0.636. The molecule has 4 aromatic rings. The van der Waals surface area contributed by atoms with Gasteiger partial charge in [-0.3, -0.25) is 9.59 Å². The SMILES string of the molecule is CCOC(=O)CC(CCC=C(c1ccccc1)c1ccccc1)(CCC=C(c1ccccc1)c1ccccc1)CC(=O)OCC. The third-order valence-corrected chi connectivity index (χ3v) is 8.03. The molecule has 0 spiro atoms. The van der Waals surface area contributed by atoms with Gasteiger partial charge in [0, 0.05) is 0 Å². The highest BCUT2D eigenvalue weighted by Crippen LogP contribution is 2.40. The molecule has 0 fully saturated rings. The quantitative estimate of drug-likeness (QED) is 0.120. The normalized spacial score (nSPS) is 10.9. The summed E-state index contributed by atoms with van der Waals surface area (Å²) in [6, 6.07) is 41.3. The Labute approximate surface area is 268 Å². The van der Waals surface area contributed by atoms with Crippen molar-refractivity contribution in [1.29, 1.82) is 0 Å². The molecule has 0 bridgehead atoms. The number of carbonyl (C=O) groups is 2. The molecule has 4 nitrogen and oxygen atoms in total. The maximum atomic E-state index is 13.1. The van der Waals surface area contributed by atoms with Gasteiger partial charge in [-0.15, -0.1) is 0 Å². The van der Waals surface area contributed by atoms with Crippen LogP contribution in [0.3, 0.4) is 0 Å². The van der Waals surface area contributed by atoms with Gasteiger partial charge >= 0.3 is 11.9 Å². The standard InChI is InChI=1S/C41H44O4/c1-3-44-39(42)31-41(32-40(43)45-4-2,29-17-27-37(33-19-9-5-10-20-33)34-21-11-6-12-22-34)30-18-28-38(35-23-13-7-14-24-35)36-25-15-8-16-26-36/h5-16,19-28H,3-4,17-18,29-32H2,1-2H3. The van der Waals surface area contributed by atoms with Gasteiger partial charge < -0.3 is 9.47 Å². The number of esters is 2. The summed E-state index contributed by atoms with van der Waals surface area (Å²) in [6.07, 6.45) is 7.42. The van der Waals surface area contributed by atoms with Crippen LogP contribution in [0.15, 0.2) is 133 Å². The molecule has 0 unspecified atom stereocenters. The van der Waals surface area contributed by atoms with E-state index in [1.165, 1.54) is 0 Å². The fourth-order valence-corrected chi connectivity index (χ4v) is 5.90. The Kier molecular flexibility index (Phi) is 13.0. The van der Waals surface area contributed by atoms with E-state index in [0.29, 0.717) is 38.9 Å². The molecule has 0 aliphatic carbocycles. The number of hydrogen-bond donors (Lipinski definition) is 0. The Morgan fingerprint density at radius 2 is 0.800 bits per heavy atom. The van der Waals surface area contributed by atoms with E-state index in [4.69, 9.17) is 9.47 Å². The molecular formula is C41H44O4. The second kappa shape index (κ2) is 17.6. The number of carbonyl (C=O) groups excluding carboxylic acids is 2. The first-order valence-corrected chi connectivity index (χ1v) is 16.0. The zero-order valence-electron chi connectivity index (χ0n) is 26.5. The van der Waals surface area contributed by atoms with Crippen LogP contribution >= 0.6 is 0 Å². The van der Waals surface area contributed by atoms with Gasteiger partial charge in [0.15, 0.2) is 0 Å². The molecule has 4 heteroatoms. The molecule has 45 heavy (non-hydrogen) atoms. The third-order valence-electron chi connectivity index (χ3n) is 8.03. The molecule has 232 valence electrons. The highest BCUT2D eigenvalue weighted by Gasteiger charge is 2.35. The first-order chi connectivity index (χ1) is 22.0. The van der Waals surface area contributed by atoms with E-state index < -0.39 is 5.41 Å². The number of hydrogen-bond acceptors (Lipinski definition) is 4. The highest BCUT2D eigenvalue weighted by atomic mass is 16.5. The van der Waals surface area contributed by atoms with Crippen molar-refractivity contribution in [1.82, 2.24) is 0 Å². The molecular weight excluding hydrogens is 556 g/mol. The average molecular weight is 601 g/mol. The topological polar surface area (TPSA) is 52.6 Å². The van der Waals surface area contributed by atoms with E-state index in [2.05, 4.69) is 60.7 Å². The Morgan fingerprint density at radius 1 is 0.511 bits per heavy atom. The second-order valence-corrected chi connectivity index (χ2v) is 11.2. The molecule has 0 radical (unpaired) electrons. The lowest BCUT2D eigenvalue weighted by atomic mass is 9.73. The van der Waals surface area contributed by atoms with Gasteiger partial charge in [-0.2, -0.15) is 0 Å². The average Bonchev–Trinajstić information content (AvgIpc) is 3.07. The lowest BCUT2D eigenvalue weighted by molar-refractivity contribution is -0.150. The Balaban J connectivity index is 1.69. The summed E-state index contributed by atoms with van der Waals surface area (Å²) in [5.41, 5.74) is 6.14. The summed E-state index contributed by atoms with van der Waals surface area (Å²) in [4.78, 5) is 26.1. The molecule has 0 amide bonds. The van der Waals surface area contributed by atoms with Crippen LogP contribution in [0.1, 0.15) is 74.6 Å². The predicted octanol–water partition coefficient (Wildman–Crippen LogP) is 9.70. The van der Waals surface area contributed by atoms with Crippen LogP contribution in [0.5, 0.6) is 0 Å². The Morgan fingerprint density at radius 3 is 1.07 bits per heavy atom. The van der Waals surface area contributed by atoms with Crippen molar-refractivity contribution in [3.63, 3.8) is 0 Å². The smallest absolute Gasteiger partial charge is 0.306 e. The fourth-order valence-electron chi connectivity index (χ4n) is 5.90. The highest BCUT2D eigenvalue weighted by molar-refractivity contribution is 5.80. The van der Waals surface area contributed by atoms with Crippen molar-refractivity contribution in [3.8, 4) is 0 Å². The monoisotopic (exact) mass is 600 g/mol. The van der Waals surface area contributed by atoms with Crippen molar-refractivity contribution in [2.45, 2.75) is 52.4 Å². The van der Waals surface area contributed by atoms with E-state index >= 15 is 0 Å². The molecule has 0 atom stereocenters. The molecule has 0 aromatic heterocycles. The van der Waals surface area contributed by atoms with Gasteiger partial charge in [0.2, 0.25) is 0 Å². The molecule has 0 aliphatic heterocycles. The van der Waals surface area contributed by atoms with Crippen molar-refractivity contribution in [2.24, 2.45) is 5.41 Å². The summed E-state index contributed by atoms with van der Waals surface area (Å²) < 4.78 is 10.9. The summed E-state index contributed by atoms with van der Waals surface area (Å²) in [5, 5.41) is 0. The Bertz CT molecular complexity index is 1320. The number of allylic oxidation sites excluding steroid dienone is 2. The van der Waals surface area contributed by atoms with Gasteiger partial charge in [-0.25, -0.2) is 0 Å². The summed E-state index contributed by atoms with van der Waals surface area (Å²) >= 11 is 0. The molecule has 0 heterocycles. The second-order valence-electron chi connectivity index (χ2n) is 11.2. The van der Waals surface area contributed by atoms with E-state index in [1.807, 2.05) is 86.6 Å². The van der Waals surface area contributed by atoms with Gasteiger partial charge in [0.25, 0.3) is 0 Å². The number of rotatable bonds is 16. The minimum Gasteiger partial charge on any atom is -0.466 e. The fraction of sp³-hybridized carbons (Fsp3) is 0.268. The Hall–Kier alpha value is -4.70. The zero-order valence-corrected chi connectivity index (χ0v) is 26.5. The van der Waals surface area contributed by atoms with E-state index in [1.54, 1.807) is 0 Å². The van der Waals surface area contributed by atoms with Crippen LogP contribution in [0, 0.1) is 5.41 Å². The largest absolute Gasteiger partial charge is 0.466 e. The molecule has 4 rings (SSSR count). The molecule has 0 saturated carbocycles. The van der Waals surface area contributed by atoms with Gasteiger partial charge in [-0.1, -0.05) is 133 Å². The summed E-state index contributed by atoms with van der Waals surface area (Å²) in [5.74, 6) is -0.570. The lowest BCUT2D eigenvalue weighted by Gasteiger charge is -2.32. The van der Waals surface area contributed by atoms with Crippen LogP contribution < -0.4 is 0 Å². The van der Waals surface area contributed by atoms with Crippen LogP contribution in [0.4, 0.5) is 0 Å². The molecule has 4 aromatic carbocycles. The van der Waals surface area contributed by atoms with Crippen LogP contribution in [-0.4, -0.2) is 25.2 Å². The van der Waals surface area contributed by atoms with Crippen molar-refractivity contribution in [3.05, 3.63) is 156 Å². The summed E-state index contributed by atoms with van der Waals surface area (Å²) in [7, 11) is 0. The minimum absolute atomic E-state index is 0.152. The van der Waals surface area contributed by atoms with Crippen molar-refractivity contribution >= 4 is 23.1 Å². The van der Waals surface area contributed by atoms with Crippen LogP contribution in [0.25, 0.3) is 11.1 Å². The molecule has 0 saturated heterocycles. The first-order valence-electron chi connectivity index (χ1n) is 16.0. The maximum absolute atomic E-state index is 13.1. The van der Waals surface area contributed by atoms with Gasteiger partial charge in [0.05, 0.1) is 26.1 Å².